The first-order valence-corrected chi connectivity index (χ1v) is 8.76. The van der Waals surface area contributed by atoms with Crippen molar-refractivity contribution in [1.82, 2.24) is 4.98 Å². The fraction of sp³-hybridized carbons (Fsp3) is 0.412. The van der Waals surface area contributed by atoms with Crippen LogP contribution in [0.15, 0.2) is 24.3 Å². The maximum Gasteiger partial charge on any atom is 0.226 e. The lowest BCUT2D eigenvalue weighted by atomic mass is 10.1. The molecule has 1 N–H and O–H groups in total. The molecule has 6 heteroatoms. The van der Waals surface area contributed by atoms with E-state index in [0.717, 1.165) is 41.0 Å². The predicted molar refractivity (Wildman–Crippen MR) is 90.3 cm³/mol. The summed E-state index contributed by atoms with van der Waals surface area (Å²) in [5, 5.41) is 3.55. The van der Waals surface area contributed by atoms with Gasteiger partial charge in [-0.25, -0.2) is 4.98 Å². The highest BCUT2D eigenvalue weighted by Gasteiger charge is 2.17. The minimum Gasteiger partial charge on any atom is -0.490 e. The Bertz CT molecular complexity index is 726. The molecule has 0 bridgehead atoms. The lowest BCUT2D eigenvalue weighted by molar-refractivity contribution is -0.116. The van der Waals surface area contributed by atoms with Gasteiger partial charge in [-0.15, -0.1) is 0 Å². The molecule has 5 nitrogen and oxygen atoms in total. The normalized spacial score (nSPS) is 19.7. The Morgan fingerprint density at radius 3 is 2.91 bits per heavy atom. The highest BCUT2D eigenvalue weighted by atomic mass is 32.1. The molecule has 1 aromatic carbocycles. The Kier molecular flexibility index (Phi) is 3.91. The van der Waals surface area contributed by atoms with E-state index < -0.39 is 0 Å². The van der Waals surface area contributed by atoms with Crippen LogP contribution in [-0.4, -0.2) is 24.1 Å². The number of carbonyl (C=O) groups excluding carboxylic acids is 1. The van der Waals surface area contributed by atoms with E-state index in [1.54, 1.807) is 0 Å². The van der Waals surface area contributed by atoms with Gasteiger partial charge in [0.05, 0.1) is 23.4 Å². The molecule has 120 valence electrons. The third-order valence-electron chi connectivity index (χ3n) is 4.06. The minimum absolute atomic E-state index is 0.0228. The molecule has 2 aliphatic rings. The molecule has 1 atom stereocenters. The second-order valence-electron chi connectivity index (χ2n) is 5.85. The van der Waals surface area contributed by atoms with Crippen molar-refractivity contribution in [2.24, 2.45) is 5.92 Å². The molecule has 0 spiro atoms. The van der Waals surface area contributed by atoms with Crippen LogP contribution in [0.2, 0.25) is 0 Å². The monoisotopic (exact) mass is 330 g/mol. The number of amides is 1. The van der Waals surface area contributed by atoms with Gasteiger partial charge in [0.2, 0.25) is 5.91 Å². The average Bonchev–Trinajstić information content (AvgIpc) is 3.09. The van der Waals surface area contributed by atoms with Crippen molar-refractivity contribution in [2.45, 2.75) is 25.7 Å². The summed E-state index contributed by atoms with van der Waals surface area (Å²) in [5.74, 6) is 1.87. The number of fused-ring (bicyclic) bond motifs is 2. The zero-order valence-electron chi connectivity index (χ0n) is 12.7. The van der Waals surface area contributed by atoms with Gasteiger partial charge in [0.1, 0.15) is 0 Å². The third-order valence-corrected chi connectivity index (χ3v) is 5.00. The molecule has 2 heterocycles. The number of carbonyl (C=O) groups is 1. The number of nitrogens with zero attached hydrogens (tertiary/aromatic N) is 1. The van der Waals surface area contributed by atoms with Gasteiger partial charge in [-0.05, 0) is 18.8 Å². The zero-order valence-corrected chi connectivity index (χ0v) is 13.5. The van der Waals surface area contributed by atoms with E-state index in [2.05, 4.69) is 22.5 Å². The van der Waals surface area contributed by atoms with Gasteiger partial charge < -0.3 is 14.8 Å². The van der Waals surface area contributed by atoms with Gasteiger partial charge in [-0.1, -0.05) is 23.5 Å². The summed E-state index contributed by atoms with van der Waals surface area (Å²) in [5.41, 5.74) is 0.829. The number of nitrogens with one attached hydrogen (secondary N) is 1. The smallest absolute Gasteiger partial charge is 0.226 e. The summed E-state index contributed by atoms with van der Waals surface area (Å²) in [4.78, 5) is 16.6. The maximum atomic E-state index is 12.1. The Morgan fingerprint density at radius 2 is 2.13 bits per heavy atom. The predicted octanol–water partition coefficient (Wildman–Crippen LogP) is 3.75. The Morgan fingerprint density at radius 1 is 1.30 bits per heavy atom. The van der Waals surface area contributed by atoms with Crippen molar-refractivity contribution in [2.75, 3.05) is 18.5 Å². The number of aromatic nitrogens is 1. The van der Waals surface area contributed by atoms with Crippen molar-refractivity contribution in [3.63, 3.8) is 0 Å². The quantitative estimate of drug-likeness (QED) is 0.871. The first kappa shape index (κ1) is 14.5. The molecule has 0 fully saturated rings. The molecule has 0 saturated heterocycles. The van der Waals surface area contributed by atoms with Crippen LogP contribution in [0.25, 0.3) is 10.2 Å². The third kappa shape index (κ3) is 3.17. The van der Waals surface area contributed by atoms with Crippen LogP contribution in [0.3, 0.4) is 0 Å². The van der Waals surface area contributed by atoms with E-state index in [9.17, 15) is 4.79 Å². The summed E-state index contributed by atoms with van der Waals surface area (Å²) in [7, 11) is 0. The largest absolute Gasteiger partial charge is 0.490 e. The van der Waals surface area contributed by atoms with E-state index in [-0.39, 0.29) is 5.91 Å². The summed E-state index contributed by atoms with van der Waals surface area (Å²) in [6, 6.07) is 3.84. The molecule has 2 aromatic rings. The molecule has 4 rings (SSSR count). The summed E-state index contributed by atoms with van der Waals surface area (Å²) in [6.45, 7) is 1.32. The van der Waals surface area contributed by atoms with Crippen LogP contribution in [0.1, 0.15) is 25.7 Å². The Balaban J connectivity index is 1.52. The van der Waals surface area contributed by atoms with Crippen LogP contribution in [0, 0.1) is 5.92 Å². The molecule has 1 amide bonds. The second kappa shape index (κ2) is 6.20. The SMILES string of the molecule is O=C(CC1C=CCC1)Nc1nc2cc3c(cc2s1)OCCCO3. The molecule has 0 saturated carbocycles. The number of hydrogen-bond donors (Lipinski definition) is 1. The van der Waals surface area contributed by atoms with Crippen LogP contribution in [0.4, 0.5) is 5.13 Å². The fourth-order valence-corrected chi connectivity index (χ4v) is 3.80. The molecule has 1 unspecified atom stereocenters. The van der Waals surface area contributed by atoms with E-state index in [4.69, 9.17) is 9.47 Å². The molecule has 1 aromatic heterocycles. The first-order valence-electron chi connectivity index (χ1n) is 7.94. The molecule has 1 aliphatic heterocycles. The standard InChI is InChI=1S/C17H18N2O3S/c20-16(8-11-4-1-2-5-11)19-17-18-12-9-13-14(10-15(12)23-17)22-7-3-6-21-13/h1,4,9-11H,2-3,5-8H2,(H,18,19,20). The van der Waals surface area contributed by atoms with Gasteiger partial charge in [0.15, 0.2) is 16.6 Å². The minimum atomic E-state index is 0.0228. The van der Waals surface area contributed by atoms with E-state index in [1.165, 1.54) is 11.3 Å². The van der Waals surface area contributed by atoms with Crippen molar-refractivity contribution in [3.8, 4) is 11.5 Å². The number of benzene rings is 1. The summed E-state index contributed by atoms with van der Waals surface area (Å²) < 4.78 is 12.4. The van der Waals surface area contributed by atoms with Gasteiger partial charge in [-0.3, -0.25) is 4.79 Å². The number of ether oxygens (including phenoxy) is 2. The van der Waals surface area contributed by atoms with E-state index in [0.29, 0.717) is 30.7 Å². The Labute approximate surface area is 138 Å². The number of thiazole rings is 1. The zero-order chi connectivity index (χ0) is 15.6. The number of rotatable bonds is 3. The topological polar surface area (TPSA) is 60.5 Å². The molecule has 1 aliphatic carbocycles. The van der Waals surface area contributed by atoms with Crippen molar-refractivity contribution in [3.05, 3.63) is 24.3 Å². The van der Waals surface area contributed by atoms with Crippen molar-refractivity contribution >= 4 is 32.6 Å². The number of allylic oxidation sites excluding steroid dienone is 2. The van der Waals surface area contributed by atoms with Crippen molar-refractivity contribution in [1.29, 1.82) is 0 Å². The highest BCUT2D eigenvalue weighted by molar-refractivity contribution is 7.22. The van der Waals surface area contributed by atoms with Crippen LogP contribution >= 0.6 is 11.3 Å². The molecular formula is C17H18N2O3S. The van der Waals surface area contributed by atoms with Crippen molar-refractivity contribution < 1.29 is 14.3 Å². The first-order chi connectivity index (χ1) is 11.3. The van der Waals surface area contributed by atoms with Gasteiger partial charge in [0.25, 0.3) is 0 Å². The molecule has 0 radical (unpaired) electrons. The summed E-state index contributed by atoms with van der Waals surface area (Å²) >= 11 is 1.47. The maximum absolute atomic E-state index is 12.1. The van der Waals surface area contributed by atoms with E-state index in [1.807, 2.05) is 12.1 Å². The van der Waals surface area contributed by atoms with Gasteiger partial charge >= 0.3 is 0 Å². The van der Waals surface area contributed by atoms with Gasteiger partial charge in [0, 0.05) is 25.0 Å². The fourth-order valence-electron chi connectivity index (χ4n) is 2.91. The number of anilines is 1. The lowest BCUT2D eigenvalue weighted by Gasteiger charge is -2.06. The van der Waals surface area contributed by atoms with Gasteiger partial charge in [-0.2, -0.15) is 0 Å². The van der Waals surface area contributed by atoms with Crippen LogP contribution in [0.5, 0.6) is 11.5 Å². The van der Waals surface area contributed by atoms with Crippen LogP contribution in [-0.2, 0) is 4.79 Å². The highest BCUT2D eigenvalue weighted by Crippen LogP contribution is 2.37. The molecule has 23 heavy (non-hydrogen) atoms. The van der Waals surface area contributed by atoms with E-state index >= 15 is 0 Å². The second-order valence-corrected chi connectivity index (χ2v) is 6.88. The Hall–Kier alpha value is -2.08. The summed E-state index contributed by atoms with van der Waals surface area (Å²) in [6.07, 6.45) is 7.81. The lowest BCUT2D eigenvalue weighted by Crippen LogP contribution is -2.14. The van der Waals surface area contributed by atoms with Crippen LogP contribution < -0.4 is 14.8 Å². The molecular weight excluding hydrogens is 312 g/mol. The number of hydrogen-bond acceptors (Lipinski definition) is 5. The average molecular weight is 330 g/mol.